The van der Waals surface area contributed by atoms with E-state index in [0.29, 0.717) is 0 Å². The molecule has 24 heavy (non-hydrogen) atoms. The van der Waals surface area contributed by atoms with Gasteiger partial charge in [0.15, 0.2) is 0 Å². The molecule has 0 saturated heterocycles. The Morgan fingerprint density at radius 3 is 2.58 bits per heavy atom. The first-order valence-electron chi connectivity index (χ1n) is 9.84. The van der Waals surface area contributed by atoms with Gasteiger partial charge in [-0.15, -0.1) is 0 Å². The van der Waals surface area contributed by atoms with E-state index in [9.17, 15) is 0 Å². The SMILES string of the molecule is CC1=C(C2=C(BN)CC3=C(BNC4=C3CC(C)C4)C2)CCC(C)C1. The Kier molecular flexibility index (Phi) is 4.28. The van der Waals surface area contributed by atoms with Gasteiger partial charge in [0.05, 0.1) is 0 Å². The summed E-state index contributed by atoms with van der Waals surface area (Å²) in [6.07, 6.45) is 8.61. The van der Waals surface area contributed by atoms with E-state index in [2.05, 4.69) is 26.0 Å². The van der Waals surface area contributed by atoms with Crippen LogP contribution in [0.15, 0.2) is 44.5 Å². The van der Waals surface area contributed by atoms with E-state index >= 15 is 0 Å². The summed E-state index contributed by atoms with van der Waals surface area (Å²) in [4.78, 5) is 0. The molecular formula is C20H30B2N2. The van der Waals surface area contributed by atoms with Crippen molar-refractivity contribution in [2.45, 2.75) is 65.7 Å². The summed E-state index contributed by atoms with van der Waals surface area (Å²) >= 11 is 0. The zero-order chi connectivity index (χ0) is 16.8. The van der Waals surface area contributed by atoms with Crippen molar-refractivity contribution in [3.05, 3.63) is 44.5 Å². The minimum Gasteiger partial charge on any atom is -0.430 e. The van der Waals surface area contributed by atoms with Crippen molar-refractivity contribution in [2.24, 2.45) is 17.5 Å². The van der Waals surface area contributed by atoms with Gasteiger partial charge in [0.2, 0.25) is 7.41 Å². The highest BCUT2D eigenvalue weighted by molar-refractivity contribution is 6.46. The number of rotatable bonds is 2. The number of hydrogen-bond donors (Lipinski definition) is 2. The van der Waals surface area contributed by atoms with Crippen LogP contribution in [0.4, 0.5) is 0 Å². The van der Waals surface area contributed by atoms with Crippen LogP contribution in [0.5, 0.6) is 0 Å². The molecule has 126 valence electrons. The second-order valence-electron chi connectivity index (χ2n) is 8.65. The van der Waals surface area contributed by atoms with Crippen molar-refractivity contribution in [3.8, 4) is 0 Å². The third-order valence-electron chi connectivity index (χ3n) is 6.65. The molecule has 2 atom stereocenters. The van der Waals surface area contributed by atoms with E-state index in [0.717, 1.165) is 39.5 Å². The van der Waals surface area contributed by atoms with Crippen molar-refractivity contribution in [1.82, 2.24) is 5.23 Å². The highest BCUT2D eigenvalue weighted by Gasteiger charge is 2.33. The van der Waals surface area contributed by atoms with Crippen LogP contribution in [0.3, 0.4) is 0 Å². The van der Waals surface area contributed by atoms with Gasteiger partial charge in [-0.3, -0.25) is 0 Å². The average molecular weight is 320 g/mol. The predicted octanol–water partition coefficient (Wildman–Crippen LogP) is 3.37. The Labute approximate surface area is 148 Å². The molecule has 0 aromatic carbocycles. The van der Waals surface area contributed by atoms with Crippen LogP contribution in [0.25, 0.3) is 0 Å². The molecule has 4 heteroatoms. The summed E-state index contributed by atoms with van der Waals surface area (Å²) in [5.41, 5.74) is 19.1. The van der Waals surface area contributed by atoms with Crippen molar-refractivity contribution < 1.29 is 0 Å². The monoisotopic (exact) mass is 320 g/mol. The largest absolute Gasteiger partial charge is 0.430 e. The van der Waals surface area contributed by atoms with E-state index in [4.69, 9.17) is 5.64 Å². The molecule has 1 aliphatic heterocycles. The average Bonchev–Trinajstić information content (AvgIpc) is 2.94. The van der Waals surface area contributed by atoms with Gasteiger partial charge in [0, 0.05) is 5.70 Å². The van der Waals surface area contributed by atoms with Gasteiger partial charge in [-0.1, -0.05) is 30.4 Å². The van der Waals surface area contributed by atoms with Crippen LogP contribution < -0.4 is 10.9 Å². The number of hydrogen-bond acceptors (Lipinski definition) is 2. The van der Waals surface area contributed by atoms with Gasteiger partial charge in [0.25, 0.3) is 7.41 Å². The highest BCUT2D eigenvalue weighted by Crippen LogP contribution is 2.46. The molecule has 2 unspecified atom stereocenters. The van der Waals surface area contributed by atoms with Gasteiger partial charge in [-0.25, -0.2) is 0 Å². The van der Waals surface area contributed by atoms with E-state index in [-0.39, 0.29) is 0 Å². The third-order valence-corrected chi connectivity index (χ3v) is 6.65. The van der Waals surface area contributed by atoms with E-state index in [1.165, 1.54) is 43.3 Å². The van der Waals surface area contributed by atoms with Gasteiger partial charge < -0.3 is 10.9 Å². The lowest BCUT2D eigenvalue weighted by molar-refractivity contribution is 0.497. The maximum Gasteiger partial charge on any atom is 0.263 e. The molecule has 0 saturated carbocycles. The van der Waals surface area contributed by atoms with Crippen molar-refractivity contribution in [2.75, 3.05) is 0 Å². The maximum absolute atomic E-state index is 6.22. The normalized spacial score (nSPS) is 30.2. The fourth-order valence-electron chi connectivity index (χ4n) is 5.37. The molecule has 1 heterocycles. The molecule has 4 aliphatic rings. The predicted molar refractivity (Wildman–Crippen MR) is 106 cm³/mol. The Morgan fingerprint density at radius 1 is 1.00 bits per heavy atom. The van der Waals surface area contributed by atoms with Crippen molar-refractivity contribution >= 4 is 14.8 Å². The smallest absolute Gasteiger partial charge is 0.263 e. The standard InChI is InChI=1S/C20H30B2N2/c1-11-4-5-14(13(3)6-11)15-10-19-16(9-18(15)21-23)17-7-12(2)8-20(17)24-22-19/h11-12,21-22,24H,4-10,23H2,1-3H3. The summed E-state index contributed by atoms with van der Waals surface area (Å²) < 4.78 is 0. The number of fused-ring (bicyclic) bond motifs is 1. The molecule has 0 spiro atoms. The van der Waals surface area contributed by atoms with Gasteiger partial charge in [-0.05, 0) is 86.0 Å². The van der Waals surface area contributed by atoms with Crippen molar-refractivity contribution in [1.29, 1.82) is 0 Å². The number of nitrogens with two attached hydrogens (primary N) is 1. The van der Waals surface area contributed by atoms with Gasteiger partial charge >= 0.3 is 0 Å². The maximum atomic E-state index is 6.22. The number of allylic oxidation sites excluding steroid dienone is 8. The van der Waals surface area contributed by atoms with E-state index in [1.54, 1.807) is 33.3 Å². The third kappa shape index (κ3) is 2.73. The summed E-state index contributed by atoms with van der Waals surface area (Å²) in [7, 11) is 1.79. The molecule has 0 fully saturated rings. The van der Waals surface area contributed by atoms with Crippen LogP contribution in [-0.2, 0) is 0 Å². The van der Waals surface area contributed by atoms with Gasteiger partial charge in [0.1, 0.15) is 0 Å². The molecular weight excluding hydrogens is 290 g/mol. The van der Waals surface area contributed by atoms with Crippen molar-refractivity contribution in [3.63, 3.8) is 0 Å². The summed E-state index contributed by atoms with van der Waals surface area (Å²) in [6.45, 7) is 7.13. The lowest BCUT2D eigenvalue weighted by Gasteiger charge is -2.34. The first kappa shape index (κ1) is 16.3. The molecule has 2 nitrogen and oxygen atoms in total. The molecule has 0 bridgehead atoms. The fourth-order valence-corrected chi connectivity index (χ4v) is 5.37. The minimum atomic E-state index is 0.726. The molecule has 0 radical (unpaired) electrons. The summed E-state index contributed by atoms with van der Waals surface area (Å²) in [5, 5.41) is 3.74. The zero-order valence-corrected chi connectivity index (χ0v) is 15.6. The molecule has 3 aliphatic carbocycles. The Bertz CT molecular complexity index is 696. The second-order valence-corrected chi connectivity index (χ2v) is 8.65. The summed E-state index contributed by atoms with van der Waals surface area (Å²) in [5.74, 6) is 1.64. The fraction of sp³-hybridized carbons (Fsp3) is 0.600. The Hall–Kier alpha value is -1.15. The van der Waals surface area contributed by atoms with Gasteiger partial charge in [-0.2, -0.15) is 0 Å². The quantitative estimate of drug-likeness (QED) is 0.766. The second kappa shape index (κ2) is 6.29. The summed E-state index contributed by atoms with van der Waals surface area (Å²) in [6, 6.07) is 0. The lowest BCUT2D eigenvalue weighted by Crippen LogP contribution is -2.30. The van der Waals surface area contributed by atoms with E-state index < -0.39 is 0 Å². The Balaban J connectivity index is 1.67. The van der Waals surface area contributed by atoms with Crippen LogP contribution >= 0.6 is 0 Å². The van der Waals surface area contributed by atoms with Crippen LogP contribution in [0, 0.1) is 11.8 Å². The lowest BCUT2D eigenvalue weighted by atomic mass is 9.60. The highest BCUT2D eigenvalue weighted by atomic mass is 14.8. The minimum absolute atomic E-state index is 0.726. The first-order valence-corrected chi connectivity index (χ1v) is 9.84. The van der Waals surface area contributed by atoms with Crippen LogP contribution in [-0.4, -0.2) is 14.8 Å². The molecule has 0 amide bonds. The Morgan fingerprint density at radius 2 is 1.83 bits per heavy atom. The topological polar surface area (TPSA) is 38.0 Å². The first-order chi connectivity index (χ1) is 11.6. The molecule has 3 N–H and O–H groups in total. The molecule has 4 rings (SSSR count). The molecule has 0 aromatic heterocycles. The van der Waals surface area contributed by atoms with Crippen LogP contribution in [0.1, 0.15) is 65.7 Å². The van der Waals surface area contributed by atoms with Crippen LogP contribution in [0.2, 0.25) is 0 Å². The molecule has 0 aromatic rings. The van der Waals surface area contributed by atoms with E-state index in [1.807, 2.05) is 0 Å². The zero-order valence-electron chi connectivity index (χ0n) is 15.6. The number of nitrogens with one attached hydrogen (secondary N) is 1.